The first kappa shape index (κ1) is 22.9. The molecule has 0 radical (unpaired) electrons. The topological polar surface area (TPSA) is 91.6 Å². The summed E-state index contributed by atoms with van der Waals surface area (Å²) >= 11 is 12.8. The number of rotatable bonds is 6. The number of carbonyl (C=O) groups is 3. The number of hydrogen-bond donors (Lipinski definition) is 2. The Morgan fingerprint density at radius 3 is 2.39 bits per heavy atom. The van der Waals surface area contributed by atoms with Gasteiger partial charge in [0, 0.05) is 37.5 Å². The number of piperidine rings is 1. The minimum absolute atomic E-state index is 0.181. The zero-order valence-corrected chi connectivity index (χ0v) is 18.4. The van der Waals surface area contributed by atoms with Crippen molar-refractivity contribution in [1.82, 2.24) is 14.8 Å². The minimum Gasteiger partial charge on any atom is -0.480 e. The minimum atomic E-state index is -1.08. The summed E-state index contributed by atoms with van der Waals surface area (Å²) in [4.78, 5) is 37.2. The van der Waals surface area contributed by atoms with Gasteiger partial charge in [-0.25, -0.2) is 0 Å². The molecule has 1 aliphatic rings. The SMILES string of the molecule is C[C@H](NC(=O)C1CCN(C(=O)/C=C/c2ccc(-n3cccc3)c(Cl)c2Cl)CC1)C(=O)O. The largest absolute Gasteiger partial charge is 0.480 e. The highest BCUT2D eigenvalue weighted by molar-refractivity contribution is 6.44. The first-order chi connectivity index (χ1) is 14.8. The van der Waals surface area contributed by atoms with Crippen LogP contribution in [0.25, 0.3) is 11.8 Å². The second-order valence-electron chi connectivity index (χ2n) is 7.39. The highest BCUT2D eigenvalue weighted by Gasteiger charge is 2.28. The molecule has 1 fully saturated rings. The lowest BCUT2D eigenvalue weighted by Crippen LogP contribution is -2.46. The number of halogens is 2. The Balaban J connectivity index is 1.58. The number of likely N-dealkylation sites (tertiary alicyclic amines) is 1. The second-order valence-corrected chi connectivity index (χ2v) is 8.15. The number of carboxylic acid groups (broad SMARTS) is 1. The van der Waals surface area contributed by atoms with E-state index in [9.17, 15) is 14.4 Å². The highest BCUT2D eigenvalue weighted by Crippen LogP contribution is 2.32. The molecule has 1 aliphatic heterocycles. The summed E-state index contributed by atoms with van der Waals surface area (Å²) in [6.07, 6.45) is 7.76. The summed E-state index contributed by atoms with van der Waals surface area (Å²) in [5, 5.41) is 12.1. The molecule has 164 valence electrons. The molecule has 0 spiro atoms. The van der Waals surface area contributed by atoms with Crippen LogP contribution in [0.1, 0.15) is 25.3 Å². The maximum atomic E-state index is 12.5. The molecule has 2 aromatic rings. The van der Waals surface area contributed by atoms with E-state index in [0.717, 1.165) is 5.69 Å². The Labute approximate surface area is 190 Å². The Morgan fingerprint density at radius 1 is 1.13 bits per heavy atom. The summed E-state index contributed by atoms with van der Waals surface area (Å²) in [5.41, 5.74) is 1.38. The van der Waals surface area contributed by atoms with E-state index in [1.807, 2.05) is 35.2 Å². The van der Waals surface area contributed by atoms with Gasteiger partial charge in [-0.1, -0.05) is 29.3 Å². The molecule has 0 aliphatic carbocycles. The molecule has 2 amide bonds. The molecule has 1 aromatic carbocycles. The van der Waals surface area contributed by atoms with Crippen molar-refractivity contribution in [3.8, 4) is 5.69 Å². The number of nitrogens with zero attached hydrogens (tertiary/aromatic N) is 2. The monoisotopic (exact) mass is 463 g/mol. The van der Waals surface area contributed by atoms with Gasteiger partial charge in [-0.15, -0.1) is 0 Å². The third-order valence-electron chi connectivity index (χ3n) is 5.29. The molecule has 3 rings (SSSR count). The van der Waals surface area contributed by atoms with Crippen LogP contribution >= 0.6 is 23.2 Å². The van der Waals surface area contributed by atoms with Crippen LogP contribution in [-0.4, -0.2) is 51.5 Å². The average Bonchev–Trinajstić information content (AvgIpc) is 3.29. The van der Waals surface area contributed by atoms with E-state index in [4.69, 9.17) is 28.3 Å². The van der Waals surface area contributed by atoms with Gasteiger partial charge in [-0.3, -0.25) is 14.4 Å². The summed E-state index contributed by atoms with van der Waals surface area (Å²) in [6.45, 7) is 2.26. The fraction of sp³-hybridized carbons (Fsp3) is 0.318. The van der Waals surface area contributed by atoms with Crippen molar-refractivity contribution in [3.63, 3.8) is 0 Å². The van der Waals surface area contributed by atoms with Gasteiger partial charge < -0.3 is 19.9 Å². The van der Waals surface area contributed by atoms with Crippen molar-refractivity contribution in [2.24, 2.45) is 5.92 Å². The van der Waals surface area contributed by atoms with Gasteiger partial charge in [0.2, 0.25) is 11.8 Å². The van der Waals surface area contributed by atoms with Crippen molar-refractivity contribution in [2.45, 2.75) is 25.8 Å². The molecule has 31 heavy (non-hydrogen) atoms. The summed E-state index contributed by atoms with van der Waals surface area (Å²) < 4.78 is 1.85. The van der Waals surface area contributed by atoms with E-state index >= 15 is 0 Å². The lowest BCUT2D eigenvalue weighted by molar-refractivity contribution is -0.142. The van der Waals surface area contributed by atoms with Crippen molar-refractivity contribution in [1.29, 1.82) is 0 Å². The van der Waals surface area contributed by atoms with E-state index in [0.29, 0.717) is 41.5 Å². The van der Waals surface area contributed by atoms with Crippen LogP contribution in [0.4, 0.5) is 0 Å². The van der Waals surface area contributed by atoms with Gasteiger partial charge in [-0.2, -0.15) is 0 Å². The van der Waals surface area contributed by atoms with E-state index in [1.54, 1.807) is 17.0 Å². The molecule has 9 heteroatoms. The van der Waals surface area contributed by atoms with Crippen LogP contribution in [0.15, 0.2) is 42.7 Å². The summed E-state index contributed by atoms with van der Waals surface area (Å²) in [6, 6.07) is 6.47. The lowest BCUT2D eigenvalue weighted by Gasteiger charge is -2.31. The van der Waals surface area contributed by atoms with E-state index in [-0.39, 0.29) is 17.7 Å². The van der Waals surface area contributed by atoms with Crippen molar-refractivity contribution in [3.05, 3.63) is 58.3 Å². The second kappa shape index (κ2) is 10.0. The molecule has 7 nitrogen and oxygen atoms in total. The van der Waals surface area contributed by atoms with E-state index in [1.165, 1.54) is 13.0 Å². The molecule has 2 N–H and O–H groups in total. The predicted octanol–water partition coefficient (Wildman–Crippen LogP) is 3.63. The molecular formula is C22H23Cl2N3O4. The summed E-state index contributed by atoms with van der Waals surface area (Å²) in [7, 11) is 0. The molecule has 2 heterocycles. The Bertz CT molecular complexity index is 996. The van der Waals surface area contributed by atoms with Crippen molar-refractivity contribution >= 4 is 47.1 Å². The normalized spacial score (nSPS) is 15.8. The fourth-order valence-electron chi connectivity index (χ4n) is 3.40. The number of hydrogen-bond acceptors (Lipinski definition) is 3. The molecule has 1 atom stereocenters. The van der Waals surface area contributed by atoms with Crippen LogP contribution in [0, 0.1) is 5.92 Å². The van der Waals surface area contributed by atoms with Gasteiger partial charge in [0.1, 0.15) is 6.04 Å². The molecule has 1 aromatic heterocycles. The maximum absolute atomic E-state index is 12.5. The smallest absolute Gasteiger partial charge is 0.325 e. The van der Waals surface area contributed by atoms with Crippen LogP contribution in [-0.2, 0) is 14.4 Å². The van der Waals surface area contributed by atoms with Crippen LogP contribution in [0.3, 0.4) is 0 Å². The lowest BCUT2D eigenvalue weighted by atomic mass is 9.95. The van der Waals surface area contributed by atoms with Crippen LogP contribution in [0.5, 0.6) is 0 Å². The average molecular weight is 464 g/mol. The predicted molar refractivity (Wildman–Crippen MR) is 119 cm³/mol. The number of carbonyl (C=O) groups excluding carboxylic acids is 2. The number of amides is 2. The van der Waals surface area contributed by atoms with Crippen molar-refractivity contribution in [2.75, 3.05) is 13.1 Å². The molecular weight excluding hydrogens is 441 g/mol. The van der Waals surface area contributed by atoms with Gasteiger partial charge >= 0.3 is 5.97 Å². The number of nitrogens with one attached hydrogen (secondary N) is 1. The standard InChI is InChI=1S/C22H23Cl2N3O4/c1-14(22(30)31)25-21(29)16-8-12-27(13-9-16)18(28)7-5-15-4-6-17(20(24)19(15)23)26-10-2-3-11-26/h2-7,10-11,14,16H,8-9,12-13H2,1H3,(H,25,29)(H,30,31)/b7-5+/t14-/m0/s1. The highest BCUT2D eigenvalue weighted by atomic mass is 35.5. The number of benzene rings is 1. The van der Waals surface area contributed by atoms with Crippen molar-refractivity contribution < 1.29 is 19.5 Å². The number of aromatic nitrogens is 1. The van der Waals surface area contributed by atoms with Gasteiger partial charge in [0.25, 0.3) is 0 Å². The molecule has 0 unspecified atom stereocenters. The quantitative estimate of drug-likeness (QED) is 0.639. The maximum Gasteiger partial charge on any atom is 0.325 e. The van der Waals surface area contributed by atoms with Gasteiger partial charge in [-0.05, 0) is 49.6 Å². The molecule has 0 saturated carbocycles. The zero-order valence-electron chi connectivity index (χ0n) is 16.9. The van der Waals surface area contributed by atoms with Crippen LogP contribution < -0.4 is 5.32 Å². The van der Waals surface area contributed by atoms with Crippen LogP contribution in [0.2, 0.25) is 10.0 Å². The first-order valence-electron chi connectivity index (χ1n) is 9.89. The fourth-order valence-corrected chi connectivity index (χ4v) is 3.89. The van der Waals surface area contributed by atoms with Gasteiger partial charge in [0.05, 0.1) is 15.7 Å². The Hall–Kier alpha value is -2.77. The number of carboxylic acids is 1. The zero-order chi connectivity index (χ0) is 22.5. The van der Waals surface area contributed by atoms with E-state index in [2.05, 4.69) is 5.32 Å². The Kier molecular flexibility index (Phi) is 7.41. The first-order valence-corrected chi connectivity index (χ1v) is 10.6. The molecule has 1 saturated heterocycles. The third kappa shape index (κ3) is 5.48. The molecule has 0 bridgehead atoms. The third-order valence-corrected chi connectivity index (χ3v) is 6.17. The summed E-state index contributed by atoms with van der Waals surface area (Å²) in [5.74, 6) is -1.85. The van der Waals surface area contributed by atoms with E-state index < -0.39 is 12.0 Å². The number of aliphatic carboxylic acids is 1. The van der Waals surface area contributed by atoms with Gasteiger partial charge in [0.15, 0.2) is 0 Å². The Morgan fingerprint density at radius 2 is 1.77 bits per heavy atom.